The third-order valence-electron chi connectivity index (χ3n) is 5.19. The monoisotopic (exact) mass is 351 g/mol. The molecule has 0 spiro atoms. The second-order valence-electron chi connectivity index (χ2n) is 6.48. The van der Waals surface area contributed by atoms with Gasteiger partial charge in [0.25, 0.3) is 0 Å². The van der Waals surface area contributed by atoms with E-state index in [9.17, 15) is 5.11 Å². The average molecular weight is 352 g/mol. The number of aliphatic hydroxyl groups is 1. The van der Waals surface area contributed by atoms with Gasteiger partial charge in [-0.15, -0.1) is 12.6 Å². The van der Waals surface area contributed by atoms with Crippen LogP contribution < -0.4 is 0 Å². The lowest BCUT2D eigenvalue weighted by molar-refractivity contribution is -0.0588. The third-order valence-corrected chi connectivity index (χ3v) is 5.79. The maximum absolute atomic E-state index is 11.6. The highest BCUT2D eigenvalue weighted by Gasteiger charge is 2.41. The molecule has 0 bridgehead atoms. The molecular weight excluding hydrogens is 330 g/mol. The van der Waals surface area contributed by atoms with Crippen molar-refractivity contribution in [1.82, 2.24) is 14.8 Å². The lowest BCUT2D eigenvalue weighted by Crippen LogP contribution is -2.41. The number of nitrogens with zero attached hydrogens (tertiary/aromatic N) is 3. The van der Waals surface area contributed by atoms with Gasteiger partial charge in [0.15, 0.2) is 5.16 Å². The van der Waals surface area contributed by atoms with Crippen LogP contribution in [0.1, 0.15) is 38.2 Å². The van der Waals surface area contributed by atoms with E-state index in [1.165, 1.54) is 32.0 Å². The van der Waals surface area contributed by atoms with E-state index in [1.807, 2.05) is 24.3 Å². The fourth-order valence-electron chi connectivity index (χ4n) is 3.68. The van der Waals surface area contributed by atoms with E-state index in [1.54, 1.807) is 4.68 Å². The van der Waals surface area contributed by atoms with E-state index in [-0.39, 0.29) is 5.92 Å². The smallest absolute Gasteiger partial charge is 0.183 e. The molecule has 0 radical (unpaired) electrons. The number of thiol groups is 1. The first-order valence-electron chi connectivity index (χ1n) is 8.06. The van der Waals surface area contributed by atoms with Crippen LogP contribution in [0.5, 0.6) is 0 Å². The zero-order valence-electron chi connectivity index (χ0n) is 13.2. The first kappa shape index (κ1) is 16.8. The molecule has 3 rings (SSSR count). The molecule has 1 aromatic heterocycles. The van der Waals surface area contributed by atoms with Gasteiger partial charge in [-0.25, -0.2) is 9.67 Å². The van der Waals surface area contributed by atoms with Crippen molar-refractivity contribution in [2.75, 3.05) is 0 Å². The fourth-order valence-corrected chi connectivity index (χ4v) is 3.98. The predicted octanol–water partition coefficient (Wildman–Crippen LogP) is 3.93. The van der Waals surface area contributed by atoms with Crippen LogP contribution in [0.4, 0.5) is 0 Å². The molecule has 2 atom stereocenters. The molecule has 23 heavy (non-hydrogen) atoms. The number of hydrogen-bond donors (Lipinski definition) is 2. The van der Waals surface area contributed by atoms with Gasteiger partial charge in [0.05, 0.1) is 6.54 Å². The SMILES string of the molecule is CC(C1CCCC1)C(O)(Cn1ncnc1S)c1ccc(Cl)cc1. The van der Waals surface area contributed by atoms with Crippen molar-refractivity contribution in [2.45, 2.75) is 49.9 Å². The van der Waals surface area contributed by atoms with Gasteiger partial charge in [-0.2, -0.15) is 5.10 Å². The number of benzene rings is 1. The Bertz CT molecular complexity index is 654. The second-order valence-corrected chi connectivity index (χ2v) is 7.32. The minimum absolute atomic E-state index is 0.114. The van der Waals surface area contributed by atoms with Crippen molar-refractivity contribution in [1.29, 1.82) is 0 Å². The van der Waals surface area contributed by atoms with Crippen molar-refractivity contribution in [3.8, 4) is 0 Å². The highest BCUT2D eigenvalue weighted by atomic mass is 35.5. The van der Waals surface area contributed by atoms with Crippen molar-refractivity contribution in [3.05, 3.63) is 41.2 Å². The van der Waals surface area contributed by atoms with E-state index in [2.05, 4.69) is 29.6 Å². The molecule has 2 aromatic rings. The second kappa shape index (κ2) is 6.83. The summed E-state index contributed by atoms with van der Waals surface area (Å²) >= 11 is 10.3. The van der Waals surface area contributed by atoms with Crippen molar-refractivity contribution < 1.29 is 5.11 Å². The van der Waals surface area contributed by atoms with Crippen LogP contribution >= 0.6 is 24.2 Å². The summed E-state index contributed by atoms with van der Waals surface area (Å²) in [7, 11) is 0. The van der Waals surface area contributed by atoms with Gasteiger partial charge in [0, 0.05) is 5.02 Å². The molecule has 0 aliphatic heterocycles. The summed E-state index contributed by atoms with van der Waals surface area (Å²) < 4.78 is 1.66. The summed E-state index contributed by atoms with van der Waals surface area (Å²) in [6.45, 7) is 2.48. The van der Waals surface area contributed by atoms with Crippen molar-refractivity contribution in [3.63, 3.8) is 0 Å². The molecule has 124 valence electrons. The lowest BCUT2D eigenvalue weighted by Gasteiger charge is -2.38. The highest BCUT2D eigenvalue weighted by Crippen LogP contribution is 2.42. The Hall–Kier alpha value is -1.04. The van der Waals surface area contributed by atoms with E-state index in [4.69, 9.17) is 11.6 Å². The molecule has 1 heterocycles. The van der Waals surface area contributed by atoms with E-state index < -0.39 is 5.60 Å². The summed E-state index contributed by atoms with van der Waals surface area (Å²) in [6.07, 6.45) is 6.29. The number of halogens is 1. The molecule has 2 unspecified atom stereocenters. The first-order chi connectivity index (χ1) is 11.0. The van der Waals surface area contributed by atoms with Crippen molar-refractivity contribution in [2.24, 2.45) is 11.8 Å². The average Bonchev–Trinajstić information content (AvgIpc) is 3.19. The number of hydrogen-bond acceptors (Lipinski definition) is 4. The minimum Gasteiger partial charge on any atom is -0.383 e. The van der Waals surface area contributed by atoms with Crippen LogP contribution in [-0.4, -0.2) is 19.9 Å². The highest BCUT2D eigenvalue weighted by molar-refractivity contribution is 7.80. The van der Waals surface area contributed by atoms with Gasteiger partial charge >= 0.3 is 0 Å². The van der Waals surface area contributed by atoms with Gasteiger partial charge in [0.2, 0.25) is 0 Å². The molecule has 4 nitrogen and oxygen atoms in total. The Kier molecular flexibility index (Phi) is 4.99. The summed E-state index contributed by atoms with van der Waals surface area (Å²) in [5.41, 5.74) is -0.158. The number of aromatic nitrogens is 3. The molecule has 1 saturated carbocycles. The molecular formula is C17H22ClN3OS. The summed E-state index contributed by atoms with van der Waals surface area (Å²) in [5, 5.41) is 17.0. The van der Waals surface area contributed by atoms with E-state index in [0.717, 1.165) is 5.56 Å². The zero-order chi connectivity index (χ0) is 16.4. The molecule has 1 fully saturated rings. The maximum Gasteiger partial charge on any atom is 0.183 e. The summed E-state index contributed by atoms with van der Waals surface area (Å²) in [5.74, 6) is 0.630. The summed E-state index contributed by atoms with van der Waals surface area (Å²) in [6, 6.07) is 7.46. The standard InChI is InChI=1S/C17H22ClN3OS/c1-12(13-4-2-3-5-13)17(22,10-21-16(23)19-11-20-21)14-6-8-15(18)9-7-14/h6-9,11-13,22H,2-5,10H2,1H3,(H,19,20,23). The van der Waals surface area contributed by atoms with Gasteiger partial charge in [0.1, 0.15) is 11.9 Å². The largest absolute Gasteiger partial charge is 0.383 e. The Morgan fingerprint density at radius 2 is 2.00 bits per heavy atom. The molecule has 0 amide bonds. The quantitative estimate of drug-likeness (QED) is 0.802. The van der Waals surface area contributed by atoms with Crippen LogP contribution in [0.15, 0.2) is 35.7 Å². The molecule has 1 aliphatic carbocycles. The van der Waals surface area contributed by atoms with Gasteiger partial charge in [-0.3, -0.25) is 0 Å². The third kappa shape index (κ3) is 3.42. The predicted molar refractivity (Wildman–Crippen MR) is 93.7 cm³/mol. The fraction of sp³-hybridized carbons (Fsp3) is 0.529. The minimum atomic E-state index is -1.02. The number of rotatable bonds is 5. The Morgan fingerprint density at radius 1 is 1.35 bits per heavy atom. The van der Waals surface area contributed by atoms with Crippen molar-refractivity contribution >= 4 is 24.2 Å². The molecule has 1 aliphatic rings. The topological polar surface area (TPSA) is 50.9 Å². The summed E-state index contributed by atoms with van der Waals surface area (Å²) in [4.78, 5) is 4.05. The van der Waals surface area contributed by atoms with Crippen LogP contribution in [0, 0.1) is 11.8 Å². The molecule has 6 heteroatoms. The van der Waals surface area contributed by atoms with Crippen LogP contribution in [0.2, 0.25) is 5.02 Å². The maximum atomic E-state index is 11.6. The van der Waals surface area contributed by atoms with E-state index >= 15 is 0 Å². The Labute approximate surface area is 147 Å². The first-order valence-corrected chi connectivity index (χ1v) is 8.88. The Morgan fingerprint density at radius 3 is 2.57 bits per heavy atom. The van der Waals surface area contributed by atoms with Gasteiger partial charge < -0.3 is 5.11 Å². The lowest BCUT2D eigenvalue weighted by atomic mass is 9.74. The van der Waals surface area contributed by atoms with Gasteiger partial charge in [-0.1, -0.05) is 56.3 Å². The van der Waals surface area contributed by atoms with Gasteiger partial charge in [-0.05, 0) is 29.5 Å². The molecule has 1 aromatic carbocycles. The van der Waals surface area contributed by atoms with Crippen LogP contribution in [-0.2, 0) is 12.1 Å². The normalized spacial score (nSPS) is 19.7. The van der Waals surface area contributed by atoms with Crippen LogP contribution in [0.3, 0.4) is 0 Å². The van der Waals surface area contributed by atoms with Crippen LogP contribution in [0.25, 0.3) is 0 Å². The Balaban J connectivity index is 1.97. The van der Waals surface area contributed by atoms with E-state index in [0.29, 0.717) is 22.6 Å². The zero-order valence-corrected chi connectivity index (χ0v) is 14.8. The molecule has 1 N–H and O–H groups in total. The molecule has 0 saturated heterocycles.